The van der Waals surface area contributed by atoms with E-state index in [-0.39, 0.29) is 5.91 Å². The van der Waals surface area contributed by atoms with E-state index < -0.39 is 0 Å². The summed E-state index contributed by atoms with van der Waals surface area (Å²) in [5, 5.41) is 0.731. The number of hydrogen-bond donors (Lipinski definition) is 0. The maximum atomic E-state index is 13.6. The van der Waals surface area contributed by atoms with Gasteiger partial charge in [0.15, 0.2) is 5.13 Å². The Kier molecular flexibility index (Phi) is 6.14. The van der Waals surface area contributed by atoms with Crippen molar-refractivity contribution in [2.24, 2.45) is 0 Å². The molecule has 2 heterocycles. The average molecular weight is 430 g/mol. The molecule has 158 valence electrons. The smallest absolute Gasteiger partial charge is 0.233 e. The Hall–Kier alpha value is -3.05. The first-order valence-electron chi connectivity index (χ1n) is 10.6. The fourth-order valence-electron chi connectivity index (χ4n) is 4.05. The SMILES string of the molecule is CCc1cccc2sc(N(Cc3ccccn3)C(=O)Cc3c(C)cc(C)cc3C)nc12. The molecule has 31 heavy (non-hydrogen) atoms. The molecule has 5 heteroatoms. The van der Waals surface area contributed by atoms with Crippen molar-refractivity contribution in [1.29, 1.82) is 0 Å². The van der Waals surface area contributed by atoms with Crippen molar-refractivity contribution in [2.75, 3.05) is 4.90 Å². The predicted octanol–water partition coefficient (Wildman–Crippen LogP) is 5.95. The van der Waals surface area contributed by atoms with Crippen molar-refractivity contribution in [3.05, 3.63) is 88.2 Å². The number of carbonyl (C=O) groups excluding carboxylic acids is 1. The van der Waals surface area contributed by atoms with Gasteiger partial charge < -0.3 is 0 Å². The molecule has 4 rings (SSSR count). The van der Waals surface area contributed by atoms with Crippen molar-refractivity contribution in [3.63, 3.8) is 0 Å². The van der Waals surface area contributed by atoms with Gasteiger partial charge in [-0.15, -0.1) is 0 Å². The number of fused-ring (bicyclic) bond motifs is 1. The highest BCUT2D eigenvalue weighted by Crippen LogP contribution is 2.32. The lowest BCUT2D eigenvalue weighted by Crippen LogP contribution is -2.32. The second kappa shape index (κ2) is 8.98. The zero-order valence-corrected chi connectivity index (χ0v) is 19.3. The summed E-state index contributed by atoms with van der Waals surface area (Å²) in [6.07, 6.45) is 3.03. The molecule has 0 bridgehead atoms. The molecule has 0 N–H and O–H groups in total. The molecular weight excluding hydrogens is 402 g/mol. The first-order valence-corrected chi connectivity index (χ1v) is 11.4. The lowest BCUT2D eigenvalue weighted by molar-refractivity contribution is -0.118. The van der Waals surface area contributed by atoms with Gasteiger partial charge in [-0.05, 0) is 67.6 Å². The Bertz CT molecular complexity index is 1210. The summed E-state index contributed by atoms with van der Waals surface area (Å²) in [6, 6.07) is 16.3. The highest BCUT2D eigenvalue weighted by atomic mass is 32.1. The molecule has 0 radical (unpaired) electrons. The number of aryl methyl sites for hydroxylation is 4. The standard InChI is InChI=1S/C26H27N3OS/c1-5-20-9-8-11-23-25(20)28-26(31-23)29(16-21-10-6-7-12-27-21)24(30)15-22-18(3)13-17(2)14-19(22)4/h6-14H,5,15-16H2,1-4H3. The summed E-state index contributed by atoms with van der Waals surface area (Å²) in [7, 11) is 0. The molecular formula is C26H27N3OS. The maximum absolute atomic E-state index is 13.6. The minimum atomic E-state index is 0.0396. The van der Waals surface area contributed by atoms with E-state index in [0.717, 1.165) is 44.2 Å². The Morgan fingerprint density at radius 3 is 2.48 bits per heavy atom. The van der Waals surface area contributed by atoms with Crippen LogP contribution < -0.4 is 4.90 Å². The number of anilines is 1. The Morgan fingerprint density at radius 1 is 1.03 bits per heavy atom. The van der Waals surface area contributed by atoms with Gasteiger partial charge in [-0.1, -0.05) is 54.2 Å². The second-order valence-corrected chi connectivity index (χ2v) is 8.98. The number of pyridine rings is 1. The quantitative estimate of drug-likeness (QED) is 0.380. The van der Waals surface area contributed by atoms with Gasteiger partial charge in [-0.3, -0.25) is 14.7 Å². The molecule has 4 aromatic rings. The summed E-state index contributed by atoms with van der Waals surface area (Å²) in [5.41, 5.74) is 7.67. The van der Waals surface area contributed by atoms with Crippen molar-refractivity contribution in [1.82, 2.24) is 9.97 Å². The molecule has 0 aliphatic carbocycles. The van der Waals surface area contributed by atoms with Crippen LogP contribution in [0.5, 0.6) is 0 Å². The third kappa shape index (κ3) is 4.52. The third-order valence-corrected chi connectivity index (χ3v) is 6.66. The molecule has 0 fully saturated rings. The molecule has 4 nitrogen and oxygen atoms in total. The van der Waals surface area contributed by atoms with Crippen LogP contribution in [0.2, 0.25) is 0 Å². The van der Waals surface area contributed by atoms with E-state index >= 15 is 0 Å². The van der Waals surface area contributed by atoms with Crippen LogP contribution in [0, 0.1) is 20.8 Å². The monoisotopic (exact) mass is 429 g/mol. The number of para-hydroxylation sites is 1. The highest BCUT2D eigenvalue weighted by molar-refractivity contribution is 7.22. The zero-order chi connectivity index (χ0) is 22.0. The van der Waals surface area contributed by atoms with Crippen LogP contribution in [-0.2, 0) is 24.2 Å². The topological polar surface area (TPSA) is 46.1 Å². The van der Waals surface area contributed by atoms with Gasteiger partial charge in [-0.2, -0.15) is 0 Å². The first-order chi connectivity index (χ1) is 15.0. The van der Waals surface area contributed by atoms with Gasteiger partial charge in [0.05, 0.1) is 28.9 Å². The molecule has 2 aromatic carbocycles. The minimum Gasteiger partial charge on any atom is -0.282 e. The zero-order valence-electron chi connectivity index (χ0n) is 18.5. The van der Waals surface area contributed by atoms with Gasteiger partial charge in [0.25, 0.3) is 0 Å². The molecule has 2 aromatic heterocycles. The molecule has 0 aliphatic heterocycles. The highest BCUT2D eigenvalue weighted by Gasteiger charge is 2.23. The van der Waals surface area contributed by atoms with Gasteiger partial charge in [0.2, 0.25) is 5.91 Å². The van der Waals surface area contributed by atoms with E-state index in [9.17, 15) is 4.79 Å². The van der Waals surface area contributed by atoms with Crippen LogP contribution in [-0.4, -0.2) is 15.9 Å². The number of hydrogen-bond acceptors (Lipinski definition) is 4. The number of aromatic nitrogens is 2. The van der Waals surface area contributed by atoms with Crippen molar-refractivity contribution >= 4 is 32.6 Å². The molecule has 0 saturated carbocycles. The van der Waals surface area contributed by atoms with Crippen molar-refractivity contribution in [2.45, 2.75) is 47.1 Å². The minimum absolute atomic E-state index is 0.0396. The van der Waals surface area contributed by atoms with Crippen LogP contribution in [0.15, 0.2) is 54.7 Å². The van der Waals surface area contributed by atoms with Crippen LogP contribution in [0.1, 0.15) is 40.4 Å². The Balaban J connectivity index is 1.74. The number of amides is 1. The van der Waals surface area contributed by atoms with Gasteiger partial charge >= 0.3 is 0 Å². The first kappa shape index (κ1) is 21.2. The van der Waals surface area contributed by atoms with Gasteiger partial charge in [0, 0.05) is 6.20 Å². The van der Waals surface area contributed by atoms with Crippen LogP contribution in [0.3, 0.4) is 0 Å². The van der Waals surface area contributed by atoms with Crippen LogP contribution in [0.4, 0.5) is 5.13 Å². The molecule has 0 aliphatic rings. The van der Waals surface area contributed by atoms with Gasteiger partial charge in [0.1, 0.15) is 0 Å². The molecule has 1 amide bonds. The van der Waals surface area contributed by atoms with Crippen LogP contribution >= 0.6 is 11.3 Å². The number of carbonyl (C=O) groups is 1. The number of benzene rings is 2. The van der Waals surface area contributed by atoms with Gasteiger partial charge in [-0.25, -0.2) is 4.98 Å². The summed E-state index contributed by atoms with van der Waals surface area (Å²) in [5.74, 6) is 0.0396. The lowest BCUT2D eigenvalue weighted by Gasteiger charge is -2.21. The summed E-state index contributed by atoms with van der Waals surface area (Å²) >= 11 is 1.57. The maximum Gasteiger partial charge on any atom is 0.233 e. The molecule has 0 saturated heterocycles. The predicted molar refractivity (Wildman–Crippen MR) is 129 cm³/mol. The summed E-state index contributed by atoms with van der Waals surface area (Å²) in [6.45, 7) is 8.79. The fourth-order valence-corrected chi connectivity index (χ4v) is 5.08. The third-order valence-electron chi connectivity index (χ3n) is 5.62. The summed E-state index contributed by atoms with van der Waals surface area (Å²) < 4.78 is 1.11. The second-order valence-electron chi connectivity index (χ2n) is 7.97. The lowest BCUT2D eigenvalue weighted by atomic mass is 9.97. The number of thiazole rings is 1. The molecule has 0 spiro atoms. The van der Waals surface area contributed by atoms with Crippen molar-refractivity contribution < 1.29 is 4.79 Å². The Labute approximate surface area is 187 Å². The normalized spacial score (nSPS) is 11.1. The van der Waals surface area contributed by atoms with Crippen LogP contribution in [0.25, 0.3) is 10.2 Å². The van der Waals surface area contributed by atoms with E-state index in [0.29, 0.717) is 13.0 Å². The Morgan fingerprint density at radius 2 is 1.81 bits per heavy atom. The fraction of sp³-hybridized carbons (Fsp3) is 0.269. The van der Waals surface area contributed by atoms with E-state index in [2.05, 4.69) is 63.0 Å². The number of rotatable bonds is 6. The van der Waals surface area contributed by atoms with E-state index in [1.165, 1.54) is 11.1 Å². The van der Waals surface area contributed by atoms with E-state index in [1.54, 1.807) is 22.4 Å². The average Bonchev–Trinajstić information content (AvgIpc) is 3.19. The van der Waals surface area contributed by atoms with E-state index in [4.69, 9.17) is 4.98 Å². The summed E-state index contributed by atoms with van der Waals surface area (Å²) in [4.78, 5) is 24.7. The number of nitrogens with zero attached hydrogens (tertiary/aromatic N) is 3. The largest absolute Gasteiger partial charge is 0.282 e. The van der Waals surface area contributed by atoms with Crippen molar-refractivity contribution in [3.8, 4) is 0 Å². The molecule has 0 atom stereocenters. The molecule has 0 unspecified atom stereocenters. The van der Waals surface area contributed by atoms with E-state index in [1.807, 2.05) is 18.2 Å².